The zero-order chi connectivity index (χ0) is 17.5. The van der Waals surface area contributed by atoms with Crippen LogP contribution in [-0.2, 0) is 19.2 Å². The summed E-state index contributed by atoms with van der Waals surface area (Å²) in [6.07, 6.45) is 2.36. The van der Waals surface area contributed by atoms with Gasteiger partial charge in [0.1, 0.15) is 0 Å². The fourth-order valence-corrected chi connectivity index (χ4v) is 2.07. The first-order chi connectivity index (χ1) is 11.5. The van der Waals surface area contributed by atoms with Gasteiger partial charge in [-0.2, -0.15) is 15.0 Å². The Hall–Kier alpha value is -2.98. The summed E-state index contributed by atoms with van der Waals surface area (Å²) in [5.74, 6) is -1.17. The first kappa shape index (κ1) is 17.4. The largest absolute Gasteiger partial charge is 0.368 e. The van der Waals surface area contributed by atoms with Crippen LogP contribution in [0.1, 0.15) is 38.5 Å². The van der Waals surface area contributed by atoms with Crippen LogP contribution in [0, 0.1) is 0 Å². The Morgan fingerprint density at radius 3 is 2.29 bits per heavy atom. The molecule has 11 heteroatoms. The summed E-state index contributed by atoms with van der Waals surface area (Å²) in [6, 6.07) is 0. The van der Waals surface area contributed by atoms with E-state index < -0.39 is 17.8 Å². The van der Waals surface area contributed by atoms with Crippen LogP contribution in [-0.4, -0.2) is 44.3 Å². The summed E-state index contributed by atoms with van der Waals surface area (Å²) in [5, 5.41) is 3.50. The molecular formula is C13H19N7O4. The van der Waals surface area contributed by atoms with Crippen LogP contribution >= 0.6 is 0 Å². The summed E-state index contributed by atoms with van der Waals surface area (Å²) >= 11 is 0. The molecule has 5 N–H and O–H groups in total. The molecule has 11 nitrogen and oxygen atoms in total. The summed E-state index contributed by atoms with van der Waals surface area (Å²) in [4.78, 5) is 50.3. The van der Waals surface area contributed by atoms with Crippen molar-refractivity contribution in [3.05, 3.63) is 0 Å². The normalized spacial score (nSPS) is 14.1. The van der Waals surface area contributed by atoms with Crippen LogP contribution in [0.25, 0.3) is 0 Å². The lowest BCUT2D eigenvalue weighted by Gasteiger charge is -2.12. The maximum absolute atomic E-state index is 11.6. The fraction of sp³-hybridized carbons (Fsp3) is 0.538. The van der Waals surface area contributed by atoms with E-state index in [1.807, 2.05) is 0 Å². The number of nitrogens with two attached hydrogens (primary N) is 2. The van der Waals surface area contributed by atoms with Gasteiger partial charge in [0.05, 0.1) is 0 Å². The van der Waals surface area contributed by atoms with Gasteiger partial charge in [-0.15, -0.1) is 5.06 Å². The number of nitrogens with zero attached hydrogens (tertiary/aromatic N) is 4. The van der Waals surface area contributed by atoms with Crippen LogP contribution in [0.2, 0.25) is 0 Å². The van der Waals surface area contributed by atoms with Crippen molar-refractivity contribution in [3.63, 3.8) is 0 Å². The molecule has 0 unspecified atom stereocenters. The van der Waals surface area contributed by atoms with Crippen molar-refractivity contribution in [2.75, 3.05) is 23.3 Å². The molecule has 2 rings (SSSR count). The summed E-state index contributed by atoms with van der Waals surface area (Å²) < 4.78 is 0. The summed E-state index contributed by atoms with van der Waals surface area (Å²) in [5.41, 5.74) is 10.9. The average Bonchev–Trinajstić information content (AvgIpc) is 2.81. The number of carbonyl (C=O) groups excluding carboxylic acids is 3. The zero-order valence-corrected chi connectivity index (χ0v) is 13.0. The maximum atomic E-state index is 11.6. The minimum Gasteiger partial charge on any atom is -0.368 e. The highest BCUT2D eigenvalue weighted by atomic mass is 16.7. The molecule has 1 aliphatic heterocycles. The second kappa shape index (κ2) is 8.04. The highest BCUT2D eigenvalue weighted by molar-refractivity contribution is 6.01. The Morgan fingerprint density at radius 1 is 1.04 bits per heavy atom. The van der Waals surface area contributed by atoms with E-state index in [9.17, 15) is 14.4 Å². The number of hydrogen-bond donors (Lipinski definition) is 3. The SMILES string of the molecule is Nc1nc(N)nc(NCCCCCC(=O)ON2C(=O)CCC2=O)n1. The molecule has 0 spiro atoms. The molecule has 1 aliphatic rings. The predicted octanol–water partition coefficient (Wildman–Crippen LogP) is -0.385. The van der Waals surface area contributed by atoms with Crippen molar-refractivity contribution in [2.24, 2.45) is 0 Å². The van der Waals surface area contributed by atoms with Gasteiger partial charge in [-0.3, -0.25) is 9.59 Å². The quantitative estimate of drug-likeness (QED) is 0.420. The molecule has 0 aliphatic carbocycles. The van der Waals surface area contributed by atoms with Crippen LogP contribution in [0.4, 0.5) is 17.8 Å². The number of aromatic nitrogens is 3. The molecule has 24 heavy (non-hydrogen) atoms. The number of rotatable bonds is 8. The van der Waals surface area contributed by atoms with E-state index in [1.165, 1.54) is 0 Å². The van der Waals surface area contributed by atoms with Gasteiger partial charge < -0.3 is 21.6 Å². The Kier molecular flexibility index (Phi) is 5.82. The van der Waals surface area contributed by atoms with Crippen molar-refractivity contribution in [1.82, 2.24) is 20.0 Å². The number of hydroxylamine groups is 2. The molecule has 0 aromatic carbocycles. The van der Waals surface area contributed by atoms with Crippen molar-refractivity contribution in [3.8, 4) is 0 Å². The number of hydrogen-bond acceptors (Lipinski definition) is 10. The van der Waals surface area contributed by atoms with Gasteiger partial charge in [0.25, 0.3) is 11.8 Å². The van der Waals surface area contributed by atoms with Crippen LogP contribution in [0.5, 0.6) is 0 Å². The Labute approximate surface area is 137 Å². The summed E-state index contributed by atoms with van der Waals surface area (Å²) in [7, 11) is 0. The first-order valence-corrected chi connectivity index (χ1v) is 7.53. The highest BCUT2D eigenvalue weighted by Crippen LogP contribution is 2.13. The van der Waals surface area contributed by atoms with E-state index in [0.29, 0.717) is 24.0 Å². The number of amides is 2. The van der Waals surface area contributed by atoms with E-state index in [0.717, 1.165) is 12.8 Å². The molecule has 1 saturated heterocycles. The Bertz CT molecular complexity index is 600. The number of unbranched alkanes of at least 4 members (excludes halogenated alkanes) is 2. The maximum Gasteiger partial charge on any atom is 0.333 e. The lowest BCUT2D eigenvalue weighted by Crippen LogP contribution is -2.31. The molecule has 0 radical (unpaired) electrons. The van der Waals surface area contributed by atoms with Gasteiger partial charge in [0, 0.05) is 25.8 Å². The standard InChI is InChI=1S/C13H19N7O4/c14-11-17-12(15)19-13(18-11)16-7-3-1-2-4-10(23)24-20-8(21)5-6-9(20)22/h1-7H2,(H5,14,15,16,17,18,19). The van der Waals surface area contributed by atoms with Gasteiger partial charge in [-0.05, 0) is 12.8 Å². The minimum atomic E-state index is -0.593. The van der Waals surface area contributed by atoms with Crippen molar-refractivity contribution in [2.45, 2.75) is 38.5 Å². The van der Waals surface area contributed by atoms with E-state index in [4.69, 9.17) is 16.3 Å². The summed E-state index contributed by atoms with van der Waals surface area (Å²) in [6.45, 7) is 0.570. The molecule has 1 fully saturated rings. The van der Waals surface area contributed by atoms with E-state index in [-0.39, 0.29) is 31.2 Å². The number of anilines is 3. The second-order valence-electron chi connectivity index (χ2n) is 5.16. The van der Waals surface area contributed by atoms with Crippen LogP contribution in [0.15, 0.2) is 0 Å². The van der Waals surface area contributed by atoms with Gasteiger partial charge in [0.15, 0.2) is 0 Å². The fourth-order valence-electron chi connectivity index (χ4n) is 2.07. The third-order valence-corrected chi connectivity index (χ3v) is 3.21. The van der Waals surface area contributed by atoms with Gasteiger partial charge in [-0.1, -0.05) is 6.42 Å². The van der Waals surface area contributed by atoms with Crippen LogP contribution in [0.3, 0.4) is 0 Å². The molecule has 0 saturated carbocycles. The monoisotopic (exact) mass is 337 g/mol. The van der Waals surface area contributed by atoms with E-state index >= 15 is 0 Å². The van der Waals surface area contributed by atoms with E-state index in [1.54, 1.807) is 0 Å². The molecule has 1 aromatic rings. The molecule has 2 heterocycles. The number of nitrogens with one attached hydrogen (secondary N) is 1. The molecule has 1 aromatic heterocycles. The van der Waals surface area contributed by atoms with Gasteiger partial charge >= 0.3 is 5.97 Å². The highest BCUT2D eigenvalue weighted by Gasteiger charge is 2.32. The minimum absolute atomic E-state index is 0.0405. The van der Waals surface area contributed by atoms with Crippen molar-refractivity contribution < 1.29 is 19.2 Å². The molecular weight excluding hydrogens is 318 g/mol. The lowest BCUT2D eigenvalue weighted by molar-refractivity contribution is -0.197. The van der Waals surface area contributed by atoms with Crippen molar-refractivity contribution in [1.29, 1.82) is 0 Å². The number of carbonyl (C=O) groups is 3. The zero-order valence-electron chi connectivity index (χ0n) is 13.0. The topological polar surface area (TPSA) is 166 Å². The number of nitrogen functional groups attached to an aromatic ring is 2. The third kappa shape index (κ3) is 5.04. The van der Waals surface area contributed by atoms with Gasteiger partial charge in [-0.25, -0.2) is 4.79 Å². The average molecular weight is 337 g/mol. The lowest BCUT2D eigenvalue weighted by atomic mass is 10.2. The Balaban J connectivity index is 1.58. The van der Waals surface area contributed by atoms with Crippen LogP contribution < -0.4 is 16.8 Å². The van der Waals surface area contributed by atoms with Crippen molar-refractivity contribution >= 4 is 35.6 Å². The van der Waals surface area contributed by atoms with E-state index in [2.05, 4.69) is 20.3 Å². The molecule has 0 atom stereocenters. The first-order valence-electron chi connectivity index (χ1n) is 7.53. The third-order valence-electron chi connectivity index (χ3n) is 3.21. The molecule has 0 bridgehead atoms. The van der Waals surface area contributed by atoms with Gasteiger partial charge in [0.2, 0.25) is 17.8 Å². The Morgan fingerprint density at radius 2 is 1.67 bits per heavy atom. The molecule has 130 valence electrons. The second-order valence-corrected chi connectivity index (χ2v) is 5.16. The molecule has 2 amide bonds. The smallest absolute Gasteiger partial charge is 0.333 e. The predicted molar refractivity (Wildman–Crippen MR) is 82.8 cm³/mol. The number of imide groups is 1.